The molecule has 18 heavy (non-hydrogen) atoms. The van der Waals surface area contributed by atoms with Crippen molar-refractivity contribution >= 4 is 22.5 Å². The number of aryl methyl sites for hydroxylation is 2. The van der Waals surface area contributed by atoms with Gasteiger partial charge in [0.2, 0.25) is 0 Å². The molecule has 0 fully saturated rings. The second-order valence-corrected chi connectivity index (χ2v) is 5.52. The Hall–Kier alpha value is -0.990. The van der Waals surface area contributed by atoms with E-state index in [-0.39, 0.29) is 0 Å². The highest BCUT2D eigenvalue weighted by Crippen LogP contribution is 2.33. The van der Waals surface area contributed by atoms with E-state index in [1.54, 1.807) is 5.56 Å². The van der Waals surface area contributed by atoms with Crippen LogP contribution in [-0.2, 0) is 19.4 Å². The molecule has 1 heterocycles. The number of aromatic nitrogens is 1. The predicted molar refractivity (Wildman–Crippen MR) is 77.3 cm³/mol. The van der Waals surface area contributed by atoms with Crippen molar-refractivity contribution in [3.8, 4) is 0 Å². The minimum Gasteiger partial charge on any atom is -0.344 e. The van der Waals surface area contributed by atoms with Gasteiger partial charge in [0.1, 0.15) is 0 Å². The fourth-order valence-electron chi connectivity index (χ4n) is 3.11. The van der Waals surface area contributed by atoms with Crippen LogP contribution in [0.5, 0.6) is 0 Å². The van der Waals surface area contributed by atoms with Gasteiger partial charge in [-0.15, -0.1) is 0 Å². The molecule has 0 radical (unpaired) electrons. The number of nitrogens with two attached hydrogens (primary N) is 1. The SMILES string of the molecule is NCCCn1c2c(c3ccc(Cl)cc31)CCCC2. The van der Waals surface area contributed by atoms with Crippen LogP contribution in [0.2, 0.25) is 5.02 Å². The summed E-state index contributed by atoms with van der Waals surface area (Å²) >= 11 is 6.15. The van der Waals surface area contributed by atoms with Crippen LogP contribution in [-0.4, -0.2) is 11.1 Å². The highest BCUT2D eigenvalue weighted by atomic mass is 35.5. The van der Waals surface area contributed by atoms with Crippen LogP contribution in [0.25, 0.3) is 10.9 Å². The summed E-state index contributed by atoms with van der Waals surface area (Å²) < 4.78 is 2.45. The topological polar surface area (TPSA) is 30.9 Å². The van der Waals surface area contributed by atoms with Crippen LogP contribution in [0.15, 0.2) is 18.2 Å². The molecule has 0 saturated heterocycles. The Balaban J connectivity index is 2.19. The van der Waals surface area contributed by atoms with Gasteiger partial charge in [-0.1, -0.05) is 17.7 Å². The Bertz CT molecular complexity index is 571. The highest BCUT2D eigenvalue weighted by Gasteiger charge is 2.19. The number of hydrogen-bond donors (Lipinski definition) is 1. The van der Waals surface area contributed by atoms with Gasteiger partial charge >= 0.3 is 0 Å². The standard InChI is InChI=1S/C15H19ClN2/c16-11-6-7-13-12-4-1-2-5-14(12)18(9-3-8-17)15(13)10-11/h6-7,10H,1-5,8-9,17H2. The van der Waals surface area contributed by atoms with E-state index < -0.39 is 0 Å². The summed E-state index contributed by atoms with van der Waals surface area (Å²) in [6.07, 6.45) is 6.06. The van der Waals surface area contributed by atoms with Gasteiger partial charge in [0.25, 0.3) is 0 Å². The van der Waals surface area contributed by atoms with Crippen LogP contribution in [0.1, 0.15) is 30.5 Å². The third kappa shape index (κ3) is 1.94. The molecular weight excluding hydrogens is 244 g/mol. The molecule has 1 aromatic heterocycles. The zero-order chi connectivity index (χ0) is 12.5. The Morgan fingerprint density at radius 3 is 2.89 bits per heavy atom. The Morgan fingerprint density at radius 2 is 2.06 bits per heavy atom. The van der Waals surface area contributed by atoms with E-state index >= 15 is 0 Å². The molecule has 1 aliphatic carbocycles. The molecule has 0 atom stereocenters. The molecule has 3 rings (SSSR count). The second kappa shape index (κ2) is 4.94. The number of fused-ring (bicyclic) bond motifs is 3. The van der Waals surface area contributed by atoms with Crippen molar-refractivity contribution < 1.29 is 0 Å². The first-order chi connectivity index (χ1) is 8.81. The van der Waals surface area contributed by atoms with E-state index in [0.29, 0.717) is 0 Å². The summed E-state index contributed by atoms with van der Waals surface area (Å²) in [6.45, 7) is 1.76. The van der Waals surface area contributed by atoms with Crippen molar-refractivity contribution in [3.63, 3.8) is 0 Å². The van der Waals surface area contributed by atoms with Gasteiger partial charge in [-0.05, 0) is 56.3 Å². The molecule has 3 heteroatoms. The lowest BCUT2D eigenvalue weighted by atomic mass is 9.95. The third-order valence-corrected chi connectivity index (χ3v) is 4.16. The molecule has 0 saturated carbocycles. The number of rotatable bonds is 3. The van der Waals surface area contributed by atoms with E-state index in [9.17, 15) is 0 Å². The minimum atomic E-state index is 0.745. The highest BCUT2D eigenvalue weighted by molar-refractivity contribution is 6.31. The van der Waals surface area contributed by atoms with Crippen molar-refractivity contribution in [3.05, 3.63) is 34.5 Å². The molecular formula is C15H19ClN2. The predicted octanol–water partition coefficient (Wildman–Crippen LogP) is 3.52. The first-order valence-corrected chi connectivity index (χ1v) is 7.18. The second-order valence-electron chi connectivity index (χ2n) is 5.09. The smallest absolute Gasteiger partial charge is 0.0500 e. The van der Waals surface area contributed by atoms with E-state index in [0.717, 1.165) is 24.5 Å². The lowest BCUT2D eigenvalue weighted by molar-refractivity contribution is 0.596. The molecule has 0 aliphatic heterocycles. The van der Waals surface area contributed by atoms with Crippen LogP contribution < -0.4 is 5.73 Å². The minimum absolute atomic E-state index is 0.745. The Labute approximate surface area is 113 Å². The molecule has 1 aromatic carbocycles. The zero-order valence-electron chi connectivity index (χ0n) is 10.6. The molecule has 96 valence electrons. The lowest BCUT2D eigenvalue weighted by Crippen LogP contribution is -2.11. The van der Waals surface area contributed by atoms with Gasteiger partial charge in [-0.3, -0.25) is 0 Å². The van der Waals surface area contributed by atoms with E-state index in [2.05, 4.69) is 16.7 Å². The molecule has 0 amide bonds. The number of nitrogens with zero attached hydrogens (tertiary/aromatic N) is 1. The van der Waals surface area contributed by atoms with Gasteiger partial charge in [-0.2, -0.15) is 0 Å². The van der Waals surface area contributed by atoms with Gasteiger partial charge in [-0.25, -0.2) is 0 Å². The van der Waals surface area contributed by atoms with Gasteiger partial charge in [0.05, 0.1) is 0 Å². The first kappa shape index (κ1) is 12.1. The fourth-order valence-corrected chi connectivity index (χ4v) is 3.28. The molecule has 0 spiro atoms. The van der Waals surface area contributed by atoms with Crippen molar-refractivity contribution in [2.24, 2.45) is 5.73 Å². The van der Waals surface area contributed by atoms with Crippen LogP contribution in [0, 0.1) is 0 Å². The van der Waals surface area contributed by atoms with Crippen molar-refractivity contribution in [2.45, 2.75) is 38.6 Å². The normalized spacial score (nSPS) is 15.0. The zero-order valence-corrected chi connectivity index (χ0v) is 11.3. The average Bonchev–Trinajstić information content (AvgIpc) is 2.70. The average molecular weight is 263 g/mol. The summed E-state index contributed by atoms with van der Waals surface area (Å²) in [4.78, 5) is 0. The van der Waals surface area contributed by atoms with Crippen LogP contribution >= 0.6 is 11.6 Å². The first-order valence-electron chi connectivity index (χ1n) is 6.81. The summed E-state index contributed by atoms with van der Waals surface area (Å²) in [5.74, 6) is 0. The van der Waals surface area contributed by atoms with Crippen molar-refractivity contribution in [1.29, 1.82) is 0 Å². The van der Waals surface area contributed by atoms with Crippen molar-refractivity contribution in [1.82, 2.24) is 4.57 Å². The largest absolute Gasteiger partial charge is 0.344 e. The van der Waals surface area contributed by atoms with Gasteiger partial charge < -0.3 is 10.3 Å². The molecule has 2 aromatic rings. The van der Waals surface area contributed by atoms with Crippen LogP contribution in [0.3, 0.4) is 0 Å². The quantitative estimate of drug-likeness (QED) is 0.902. The molecule has 2 N–H and O–H groups in total. The molecule has 2 nitrogen and oxygen atoms in total. The van der Waals surface area contributed by atoms with E-state index in [1.165, 1.54) is 42.3 Å². The summed E-state index contributed by atoms with van der Waals surface area (Å²) in [6, 6.07) is 6.29. The van der Waals surface area contributed by atoms with Gasteiger partial charge in [0.15, 0.2) is 0 Å². The molecule has 1 aliphatic rings. The third-order valence-electron chi connectivity index (χ3n) is 3.93. The summed E-state index contributed by atoms with van der Waals surface area (Å²) in [7, 11) is 0. The molecule has 0 unspecified atom stereocenters. The maximum Gasteiger partial charge on any atom is 0.0500 e. The van der Waals surface area contributed by atoms with E-state index in [1.807, 2.05) is 6.07 Å². The summed E-state index contributed by atoms with van der Waals surface area (Å²) in [5, 5.41) is 2.22. The number of halogens is 1. The van der Waals surface area contributed by atoms with E-state index in [4.69, 9.17) is 17.3 Å². The van der Waals surface area contributed by atoms with Crippen molar-refractivity contribution in [2.75, 3.05) is 6.54 Å². The lowest BCUT2D eigenvalue weighted by Gasteiger charge is -2.15. The fraction of sp³-hybridized carbons (Fsp3) is 0.467. The number of benzene rings is 1. The number of hydrogen-bond acceptors (Lipinski definition) is 1. The van der Waals surface area contributed by atoms with Crippen LogP contribution in [0.4, 0.5) is 0 Å². The maximum absolute atomic E-state index is 6.15. The molecule has 0 bridgehead atoms. The Morgan fingerprint density at radius 1 is 1.22 bits per heavy atom. The maximum atomic E-state index is 6.15. The van der Waals surface area contributed by atoms with Gasteiger partial charge in [0, 0.05) is 28.2 Å². The Kier molecular flexibility index (Phi) is 3.31. The summed E-state index contributed by atoms with van der Waals surface area (Å²) in [5.41, 5.74) is 10.0. The monoisotopic (exact) mass is 262 g/mol.